The van der Waals surface area contributed by atoms with Gasteiger partial charge in [-0.15, -0.1) is 0 Å². The minimum Gasteiger partial charge on any atom is -0.370 e. The highest BCUT2D eigenvalue weighted by atomic mass is 16.2. The minimum atomic E-state index is -0.300. The lowest BCUT2D eigenvalue weighted by atomic mass is 9.90. The number of amides is 1. The zero-order valence-corrected chi connectivity index (χ0v) is 22.2. The molecule has 0 saturated heterocycles. The molecule has 1 amide bonds. The van der Waals surface area contributed by atoms with Gasteiger partial charge in [0.2, 0.25) is 5.82 Å². The Hall–Kier alpha value is -4.46. The van der Waals surface area contributed by atoms with E-state index in [-0.39, 0.29) is 29.8 Å². The van der Waals surface area contributed by atoms with Crippen LogP contribution in [0.5, 0.6) is 0 Å². The Morgan fingerprint density at radius 3 is 2.46 bits per heavy atom. The number of carbonyl (C=O) groups is 1. The third-order valence-corrected chi connectivity index (χ3v) is 7.18. The van der Waals surface area contributed by atoms with Gasteiger partial charge in [0.15, 0.2) is 5.96 Å². The van der Waals surface area contributed by atoms with Crippen LogP contribution < -0.4 is 22.1 Å². The van der Waals surface area contributed by atoms with Gasteiger partial charge in [0, 0.05) is 11.9 Å². The Morgan fingerprint density at radius 2 is 1.69 bits per heavy atom. The highest BCUT2D eigenvalue weighted by Gasteiger charge is 2.26. The third-order valence-electron chi connectivity index (χ3n) is 7.18. The molecule has 1 fully saturated rings. The largest absolute Gasteiger partial charge is 0.370 e. The number of nitrogens with two attached hydrogens (primary N) is 2. The van der Waals surface area contributed by atoms with Crippen molar-refractivity contribution in [3.63, 3.8) is 0 Å². The van der Waals surface area contributed by atoms with E-state index >= 15 is 0 Å². The van der Waals surface area contributed by atoms with Gasteiger partial charge < -0.3 is 22.1 Å². The van der Waals surface area contributed by atoms with E-state index in [0.29, 0.717) is 24.3 Å². The maximum Gasteiger partial charge on any atom is 0.289 e. The van der Waals surface area contributed by atoms with Gasteiger partial charge in [0.1, 0.15) is 5.82 Å². The van der Waals surface area contributed by atoms with Gasteiger partial charge in [-0.3, -0.25) is 4.79 Å². The number of hydrogen-bond acceptors (Lipinski definition) is 5. The molecule has 1 saturated carbocycles. The molecule has 8 nitrogen and oxygen atoms in total. The molecule has 8 heteroatoms. The standard InChI is InChI=1S/C31H35N7O/c1-20-11-16-25-24(19-20)28(36-26-9-5-6-10-27(26)37-31(32)33)38-29(35-25)30(39)34-18-17-21-12-14-23(15-13-21)22-7-3-2-4-8-22/h2-4,7-8,11-16,19,26-27H,5-6,9-10,17-18H2,1H3,(H,34,39)(H4,32,33,37)(H,35,36,38). The van der Waals surface area contributed by atoms with E-state index in [1.165, 1.54) is 11.1 Å². The molecule has 1 heterocycles. The fraction of sp³-hybridized carbons (Fsp3) is 0.290. The molecular formula is C31H35N7O. The first-order valence-corrected chi connectivity index (χ1v) is 13.5. The van der Waals surface area contributed by atoms with Crippen LogP contribution in [-0.2, 0) is 6.42 Å². The first-order chi connectivity index (χ1) is 19.0. The summed E-state index contributed by atoms with van der Waals surface area (Å²) in [5, 5.41) is 7.42. The smallest absolute Gasteiger partial charge is 0.289 e. The fourth-order valence-electron chi connectivity index (χ4n) is 5.15. The Balaban J connectivity index is 1.30. The second kappa shape index (κ2) is 11.9. The van der Waals surface area contributed by atoms with Crippen LogP contribution in [0, 0.1) is 6.92 Å². The number of guanidine groups is 1. The average molecular weight is 522 g/mol. The zero-order chi connectivity index (χ0) is 27.2. The number of nitrogens with zero attached hydrogens (tertiary/aromatic N) is 3. The number of benzene rings is 3. The number of carbonyl (C=O) groups excluding carboxylic acids is 1. The number of nitrogens with one attached hydrogen (secondary N) is 2. The molecule has 1 aromatic heterocycles. The molecule has 1 aliphatic carbocycles. The Bertz CT molecular complexity index is 1460. The van der Waals surface area contributed by atoms with Gasteiger partial charge in [-0.05, 0) is 55.0 Å². The van der Waals surface area contributed by atoms with E-state index < -0.39 is 0 Å². The summed E-state index contributed by atoms with van der Waals surface area (Å²) >= 11 is 0. The molecule has 6 N–H and O–H groups in total. The summed E-state index contributed by atoms with van der Waals surface area (Å²) in [5.74, 6) is 0.563. The quantitative estimate of drug-likeness (QED) is 0.198. The molecule has 200 valence electrons. The molecule has 1 aliphatic rings. The Morgan fingerprint density at radius 1 is 0.949 bits per heavy atom. The Kier molecular flexibility index (Phi) is 8.01. The van der Waals surface area contributed by atoms with Gasteiger partial charge in [-0.25, -0.2) is 15.0 Å². The van der Waals surface area contributed by atoms with E-state index in [1.807, 2.05) is 43.3 Å². The first-order valence-electron chi connectivity index (χ1n) is 13.5. The van der Waals surface area contributed by atoms with E-state index in [0.717, 1.165) is 42.2 Å². The van der Waals surface area contributed by atoms with Crippen LogP contribution in [0.25, 0.3) is 22.0 Å². The molecule has 2 atom stereocenters. The predicted molar refractivity (Wildman–Crippen MR) is 158 cm³/mol. The van der Waals surface area contributed by atoms with Crippen LogP contribution in [0.1, 0.15) is 47.4 Å². The highest BCUT2D eigenvalue weighted by Crippen LogP contribution is 2.28. The number of anilines is 1. The average Bonchev–Trinajstić information content (AvgIpc) is 2.94. The maximum absolute atomic E-state index is 13.1. The summed E-state index contributed by atoms with van der Waals surface area (Å²) in [4.78, 5) is 26.8. The molecule has 0 aliphatic heterocycles. The van der Waals surface area contributed by atoms with Crippen LogP contribution >= 0.6 is 0 Å². The predicted octanol–water partition coefficient (Wildman–Crippen LogP) is 4.57. The van der Waals surface area contributed by atoms with Crippen molar-refractivity contribution < 1.29 is 4.79 Å². The number of hydrogen-bond donors (Lipinski definition) is 4. The summed E-state index contributed by atoms with van der Waals surface area (Å²) in [7, 11) is 0. The van der Waals surface area contributed by atoms with E-state index in [4.69, 9.17) is 11.5 Å². The summed E-state index contributed by atoms with van der Waals surface area (Å²) in [6, 6.07) is 24.6. The van der Waals surface area contributed by atoms with Gasteiger partial charge >= 0.3 is 0 Å². The molecule has 3 aromatic carbocycles. The van der Waals surface area contributed by atoms with Crippen LogP contribution in [0.15, 0.2) is 77.8 Å². The van der Waals surface area contributed by atoms with Crippen molar-refractivity contribution in [3.8, 4) is 11.1 Å². The van der Waals surface area contributed by atoms with Gasteiger partial charge in [-0.2, -0.15) is 0 Å². The van der Waals surface area contributed by atoms with Gasteiger partial charge in [-0.1, -0.05) is 79.1 Å². The summed E-state index contributed by atoms with van der Waals surface area (Å²) in [5.41, 5.74) is 16.7. The van der Waals surface area contributed by atoms with Crippen molar-refractivity contribution in [2.45, 2.75) is 51.1 Å². The number of rotatable bonds is 8. The second-order valence-electron chi connectivity index (χ2n) is 10.1. The second-order valence-corrected chi connectivity index (χ2v) is 10.1. The monoisotopic (exact) mass is 521 g/mol. The molecule has 0 radical (unpaired) electrons. The lowest BCUT2D eigenvalue weighted by Crippen LogP contribution is -2.38. The minimum absolute atomic E-state index is 0.0224. The summed E-state index contributed by atoms with van der Waals surface area (Å²) < 4.78 is 0. The number of aryl methyl sites for hydroxylation is 1. The third kappa shape index (κ3) is 6.52. The van der Waals surface area contributed by atoms with Crippen LogP contribution in [0.3, 0.4) is 0 Å². The molecule has 4 aromatic rings. The first kappa shape index (κ1) is 26.2. The lowest BCUT2D eigenvalue weighted by molar-refractivity contribution is 0.0944. The molecule has 0 spiro atoms. The molecule has 0 bridgehead atoms. The lowest BCUT2D eigenvalue weighted by Gasteiger charge is -2.30. The van der Waals surface area contributed by atoms with Gasteiger partial charge in [0.05, 0.1) is 17.6 Å². The van der Waals surface area contributed by atoms with Crippen molar-refractivity contribution in [1.82, 2.24) is 15.3 Å². The summed E-state index contributed by atoms with van der Waals surface area (Å²) in [6.07, 6.45) is 4.68. The number of fused-ring (bicyclic) bond motifs is 1. The molecular weight excluding hydrogens is 486 g/mol. The van der Waals surface area contributed by atoms with E-state index in [9.17, 15) is 4.79 Å². The Labute approximate surface area is 229 Å². The number of aliphatic imine (C=N–C) groups is 1. The van der Waals surface area contributed by atoms with Crippen molar-refractivity contribution in [2.75, 3.05) is 11.9 Å². The van der Waals surface area contributed by atoms with E-state index in [1.54, 1.807) is 0 Å². The fourth-order valence-corrected chi connectivity index (χ4v) is 5.15. The zero-order valence-electron chi connectivity index (χ0n) is 22.2. The number of aromatic nitrogens is 2. The summed E-state index contributed by atoms with van der Waals surface area (Å²) in [6.45, 7) is 2.51. The SMILES string of the molecule is Cc1ccc2nc(C(=O)NCCc3ccc(-c4ccccc4)cc3)nc(NC3CCCCC3N=C(N)N)c2c1. The normalized spacial score (nSPS) is 16.9. The molecule has 39 heavy (non-hydrogen) atoms. The van der Waals surface area contributed by atoms with Crippen LogP contribution in [0.4, 0.5) is 5.82 Å². The topological polar surface area (TPSA) is 131 Å². The van der Waals surface area contributed by atoms with Crippen molar-refractivity contribution in [2.24, 2.45) is 16.5 Å². The van der Waals surface area contributed by atoms with Crippen LogP contribution in [0.2, 0.25) is 0 Å². The van der Waals surface area contributed by atoms with Crippen molar-refractivity contribution >= 4 is 28.6 Å². The van der Waals surface area contributed by atoms with Crippen molar-refractivity contribution in [3.05, 3.63) is 89.7 Å². The van der Waals surface area contributed by atoms with Gasteiger partial charge in [0.25, 0.3) is 5.91 Å². The maximum atomic E-state index is 13.1. The highest BCUT2D eigenvalue weighted by molar-refractivity contribution is 5.96. The molecule has 2 unspecified atom stereocenters. The van der Waals surface area contributed by atoms with E-state index in [2.05, 4.69) is 62.0 Å². The van der Waals surface area contributed by atoms with Crippen molar-refractivity contribution in [1.29, 1.82) is 0 Å². The van der Waals surface area contributed by atoms with Crippen LogP contribution in [-0.4, -0.2) is 40.5 Å². The molecule has 5 rings (SSSR count).